The van der Waals surface area contributed by atoms with Gasteiger partial charge in [0.25, 0.3) is 5.56 Å². The number of fused-ring (bicyclic) bond motifs is 1. The predicted molar refractivity (Wildman–Crippen MR) is 116 cm³/mol. The van der Waals surface area contributed by atoms with E-state index >= 15 is 0 Å². The highest BCUT2D eigenvalue weighted by molar-refractivity contribution is 7.99. The number of para-hydroxylation sites is 1. The van der Waals surface area contributed by atoms with Gasteiger partial charge in [0.15, 0.2) is 5.16 Å². The average Bonchev–Trinajstić information content (AvgIpc) is 2.73. The van der Waals surface area contributed by atoms with Crippen LogP contribution in [-0.2, 0) is 11.3 Å². The molecule has 3 rings (SSSR count). The molecule has 1 N–H and O–H groups in total. The molecule has 0 saturated heterocycles. The summed E-state index contributed by atoms with van der Waals surface area (Å²) in [6, 6.07) is 12.9. The SMILES string of the molecule is CCCCCCn1c(SCC(=O)Nc2ccc(F)cc2)nc2ccccc2c1=O. The molecule has 0 bridgehead atoms. The number of aromatic nitrogens is 2. The lowest BCUT2D eigenvalue weighted by Gasteiger charge is -2.13. The van der Waals surface area contributed by atoms with Crippen molar-refractivity contribution in [2.75, 3.05) is 11.1 Å². The van der Waals surface area contributed by atoms with Crippen LogP contribution in [0.4, 0.5) is 10.1 Å². The molecular weight excluding hydrogens is 389 g/mol. The Hall–Kier alpha value is -2.67. The third kappa shape index (κ3) is 5.67. The van der Waals surface area contributed by atoms with Gasteiger partial charge in [-0.15, -0.1) is 0 Å². The van der Waals surface area contributed by atoms with Crippen LogP contribution in [-0.4, -0.2) is 21.2 Å². The number of carbonyl (C=O) groups excluding carboxylic acids is 1. The molecule has 5 nitrogen and oxygen atoms in total. The number of anilines is 1. The highest BCUT2D eigenvalue weighted by atomic mass is 32.2. The van der Waals surface area contributed by atoms with Crippen molar-refractivity contribution >= 4 is 34.3 Å². The van der Waals surface area contributed by atoms with Gasteiger partial charge in [0.1, 0.15) is 5.82 Å². The second kappa shape index (κ2) is 10.2. The highest BCUT2D eigenvalue weighted by Crippen LogP contribution is 2.19. The molecule has 1 heterocycles. The van der Waals surface area contributed by atoms with Crippen molar-refractivity contribution in [3.8, 4) is 0 Å². The third-order valence-corrected chi connectivity index (χ3v) is 5.50. The second-order valence-corrected chi connectivity index (χ2v) is 7.72. The van der Waals surface area contributed by atoms with Gasteiger partial charge < -0.3 is 5.32 Å². The van der Waals surface area contributed by atoms with Crippen molar-refractivity contribution in [1.82, 2.24) is 9.55 Å². The molecule has 0 unspecified atom stereocenters. The molecule has 0 atom stereocenters. The number of nitrogens with zero attached hydrogens (tertiary/aromatic N) is 2. The van der Waals surface area contributed by atoms with Gasteiger partial charge in [0.2, 0.25) is 5.91 Å². The number of hydrogen-bond donors (Lipinski definition) is 1. The molecule has 1 amide bonds. The third-order valence-electron chi connectivity index (χ3n) is 4.52. The molecule has 0 aliphatic carbocycles. The Morgan fingerprint density at radius 2 is 1.86 bits per heavy atom. The summed E-state index contributed by atoms with van der Waals surface area (Å²) in [4.78, 5) is 29.9. The minimum absolute atomic E-state index is 0.0754. The normalized spacial score (nSPS) is 11.0. The lowest BCUT2D eigenvalue weighted by atomic mass is 10.2. The van der Waals surface area contributed by atoms with Gasteiger partial charge in [0, 0.05) is 12.2 Å². The summed E-state index contributed by atoms with van der Waals surface area (Å²) in [5.41, 5.74) is 1.08. The summed E-state index contributed by atoms with van der Waals surface area (Å²) in [5.74, 6) is -0.483. The second-order valence-electron chi connectivity index (χ2n) is 6.77. The summed E-state index contributed by atoms with van der Waals surface area (Å²) in [7, 11) is 0. The number of halogens is 1. The van der Waals surface area contributed by atoms with Crippen LogP contribution in [0, 0.1) is 5.82 Å². The van der Waals surface area contributed by atoms with E-state index in [9.17, 15) is 14.0 Å². The minimum Gasteiger partial charge on any atom is -0.325 e. The average molecular weight is 414 g/mol. The molecule has 3 aromatic rings. The molecule has 1 aromatic heterocycles. The first-order valence-electron chi connectivity index (χ1n) is 9.76. The smallest absolute Gasteiger partial charge is 0.262 e. The Kier molecular flexibility index (Phi) is 7.41. The number of unbranched alkanes of at least 4 members (excludes halogenated alkanes) is 3. The number of nitrogens with one attached hydrogen (secondary N) is 1. The lowest BCUT2D eigenvalue weighted by Crippen LogP contribution is -2.24. The summed E-state index contributed by atoms with van der Waals surface area (Å²) in [5, 5.41) is 3.86. The van der Waals surface area contributed by atoms with Crippen molar-refractivity contribution in [3.05, 3.63) is 64.7 Å². The Morgan fingerprint density at radius 3 is 2.62 bits per heavy atom. The number of amides is 1. The van der Waals surface area contributed by atoms with Gasteiger partial charge in [-0.1, -0.05) is 50.1 Å². The highest BCUT2D eigenvalue weighted by Gasteiger charge is 2.13. The van der Waals surface area contributed by atoms with Crippen molar-refractivity contribution in [2.24, 2.45) is 0 Å². The van der Waals surface area contributed by atoms with E-state index in [1.54, 1.807) is 16.7 Å². The van der Waals surface area contributed by atoms with Crippen LogP contribution in [0.5, 0.6) is 0 Å². The zero-order valence-corrected chi connectivity index (χ0v) is 17.2. The van der Waals surface area contributed by atoms with Gasteiger partial charge >= 0.3 is 0 Å². The Bertz CT molecular complexity index is 1030. The number of thioether (sulfide) groups is 1. The van der Waals surface area contributed by atoms with E-state index in [0.717, 1.165) is 25.7 Å². The van der Waals surface area contributed by atoms with Gasteiger partial charge in [-0.3, -0.25) is 14.2 Å². The van der Waals surface area contributed by atoms with Gasteiger partial charge in [-0.25, -0.2) is 9.37 Å². The molecule has 0 aliphatic rings. The maximum Gasteiger partial charge on any atom is 0.262 e. The fraction of sp³-hybridized carbons (Fsp3) is 0.318. The Morgan fingerprint density at radius 1 is 1.10 bits per heavy atom. The van der Waals surface area contributed by atoms with E-state index in [4.69, 9.17) is 0 Å². The summed E-state index contributed by atoms with van der Waals surface area (Å²) in [6.07, 6.45) is 4.18. The molecule has 0 saturated carbocycles. The summed E-state index contributed by atoms with van der Waals surface area (Å²) < 4.78 is 14.7. The molecular formula is C22H24FN3O2S. The zero-order valence-electron chi connectivity index (χ0n) is 16.4. The zero-order chi connectivity index (χ0) is 20.6. The van der Waals surface area contributed by atoms with E-state index in [1.807, 2.05) is 12.1 Å². The monoisotopic (exact) mass is 413 g/mol. The van der Waals surface area contributed by atoms with Crippen LogP contribution in [0.15, 0.2) is 58.5 Å². The molecule has 29 heavy (non-hydrogen) atoms. The van der Waals surface area contributed by atoms with Gasteiger partial charge in [-0.05, 0) is 42.8 Å². The number of rotatable bonds is 9. The first-order valence-corrected chi connectivity index (χ1v) is 10.7. The van der Waals surface area contributed by atoms with Crippen LogP contribution in [0.3, 0.4) is 0 Å². The quantitative estimate of drug-likeness (QED) is 0.310. The lowest BCUT2D eigenvalue weighted by molar-refractivity contribution is -0.113. The first-order chi connectivity index (χ1) is 14.1. The van der Waals surface area contributed by atoms with Crippen molar-refractivity contribution in [1.29, 1.82) is 0 Å². The van der Waals surface area contributed by atoms with Crippen LogP contribution >= 0.6 is 11.8 Å². The number of benzene rings is 2. The minimum atomic E-state index is -0.357. The van der Waals surface area contributed by atoms with Gasteiger partial charge in [-0.2, -0.15) is 0 Å². The molecule has 2 aromatic carbocycles. The number of carbonyl (C=O) groups is 1. The van der Waals surface area contributed by atoms with Crippen molar-refractivity contribution in [3.63, 3.8) is 0 Å². The van der Waals surface area contributed by atoms with Gasteiger partial charge in [0.05, 0.1) is 16.7 Å². The van der Waals surface area contributed by atoms with E-state index in [2.05, 4.69) is 17.2 Å². The van der Waals surface area contributed by atoms with Crippen LogP contribution in [0.1, 0.15) is 32.6 Å². The molecule has 0 aliphatic heterocycles. The number of hydrogen-bond acceptors (Lipinski definition) is 4. The Labute approximate surface area is 173 Å². The van der Waals surface area contributed by atoms with E-state index in [1.165, 1.54) is 36.0 Å². The Balaban J connectivity index is 1.76. The van der Waals surface area contributed by atoms with E-state index < -0.39 is 0 Å². The maximum atomic E-state index is 13.0. The molecule has 0 radical (unpaired) electrons. The molecule has 7 heteroatoms. The maximum absolute atomic E-state index is 13.0. The van der Waals surface area contributed by atoms with Crippen molar-refractivity contribution in [2.45, 2.75) is 44.3 Å². The van der Waals surface area contributed by atoms with Crippen molar-refractivity contribution < 1.29 is 9.18 Å². The molecule has 152 valence electrons. The standard InChI is InChI=1S/C22H24FN3O2S/c1-2-3-4-7-14-26-21(28)18-8-5-6-9-19(18)25-22(26)29-15-20(27)24-17-12-10-16(23)11-13-17/h5-6,8-13H,2-4,7,14-15H2,1H3,(H,24,27). The topological polar surface area (TPSA) is 64.0 Å². The van der Waals surface area contributed by atoms with Crippen LogP contribution < -0.4 is 10.9 Å². The van der Waals surface area contributed by atoms with E-state index in [0.29, 0.717) is 28.3 Å². The summed E-state index contributed by atoms with van der Waals surface area (Å²) >= 11 is 1.24. The fourth-order valence-electron chi connectivity index (χ4n) is 3.01. The first kappa shape index (κ1) is 21.0. The van der Waals surface area contributed by atoms with Crippen LogP contribution in [0.25, 0.3) is 10.9 Å². The fourth-order valence-corrected chi connectivity index (χ4v) is 3.84. The van der Waals surface area contributed by atoms with Crippen LogP contribution in [0.2, 0.25) is 0 Å². The van der Waals surface area contributed by atoms with E-state index in [-0.39, 0.29) is 23.0 Å². The summed E-state index contributed by atoms with van der Waals surface area (Å²) in [6.45, 7) is 2.73. The largest absolute Gasteiger partial charge is 0.325 e. The molecule has 0 fully saturated rings. The molecule has 0 spiro atoms. The predicted octanol–water partition coefficient (Wildman–Crippen LogP) is 4.85.